The van der Waals surface area contributed by atoms with Gasteiger partial charge in [-0.1, -0.05) is 15.9 Å². The molecule has 0 aliphatic heterocycles. The second-order valence-electron chi connectivity index (χ2n) is 3.98. The van der Waals surface area contributed by atoms with Crippen LogP contribution in [0.15, 0.2) is 22.7 Å². The van der Waals surface area contributed by atoms with Gasteiger partial charge in [-0.3, -0.25) is 4.68 Å². The number of hydrogen-bond acceptors (Lipinski definition) is 4. The first-order valence-corrected chi connectivity index (χ1v) is 6.21. The Bertz CT molecular complexity index is 580. The van der Waals surface area contributed by atoms with Gasteiger partial charge in [-0.2, -0.15) is 5.10 Å². The number of methoxy groups -OCH3 is 1. The van der Waals surface area contributed by atoms with E-state index in [-0.39, 0.29) is 0 Å². The minimum atomic E-state index is 0.649. The van der Waals surface area contributed by atoms with Crippen molar-refractivity contribution in [1.82, 2.24) is 9.78 Å². The predicted molar refractivity (Wildman–Crippen MR) is 76.3 cm³/mol. The van der Waals surface area contributed by atoms with Crippen molar-refractivity contribution in [2.45, 2.75) is 6.92 Å². The zero-order valence-corrected chi connectivity index (χ0v) is 12.1. The van der Waals surface area contributed by atoms with Crippen LogP contribution in [0.2, 0.25) is 0 Å². The van der Waals surface area contributed by atoms with E-state index in [1.807, 2.05) is 32.2 Å². The summed E-state index contributed by atoms with van der Waals surface area (Å²) >= 11 is 3.44. The van der Waals surface area contributed by atoms with Crippen LogP contribution in [0.4, 0.5) is 17.2 Å². The van der Waals surface area contributed by atoms with Crippen LogP contribution in [0.25, 0.3) is 0 Å². The second-order valence-corrected chi connectivity index (χ2v) is 4.89. The molecule has 0 fully saturated rings. The van der Waals surface area contributed by atoms with Gasteiger partial charge in [0.15, 0.2) is 5.82 Å². The zero-order chi connectivity index (χ0) is 13.3. The standard InChI is InChI=1S/C12H15BrN4O/c1-7-11(14)12(17(2)16-7)15-9-4-8(13)5-10(6-9)18-3/h4-6,15H,14H2,1-3H3. The Morgan fingerprint density at radius 1 is 1.39 bits per heavy atom. The number of nitrogens with zero attached hydrogens (tertiary/aromatic N) is 2. The molecule has 0 amide bonds. The van der Waals surface area contributed by atoms with Crippen molar-refractivity contribution >= 4 is 33.1 Å². The molecular formula is C12H15BrN4O. The van der Waals surface area contributed by atoms with Gasteiger partial charge in [-0.25, -0.2) is 0 Å². The monoisotopic (exact) mass is 310 g/mol. The number of benzene rings is 1. The van der Waals surface area contributed by atoms with E-state index < -0.39 is 0 Å². The summed E-state index contributed by atoms with van der Waals surface area (Å²) in [5, 5.41) is 7.50. The van der Waals surface area contributed by atoms with E-state index in [2.05, 4.69) is 26.3 Å². The van der Waals surface area contributed by atoms with Gasteiger partial charge in [0.25, 0.3) is 0 Å². The molecular weight excluding hydrogens is 296 g/mol. The molecule has 0 unspecified atom stereocenters. The average molecular weight is 311 g/mol. The zero-order valence-electron chi connectivity index (χ0n) is 10.5. The predicted octanol–water partition coefficient (Wildman–Crippen LogP) is 2.83. The first kappa shape index (κ1) is 12.8. The van der Waals surface area contributed by atoms with Crippen molar-refractivity contribution in [2.24, 2.45) is 7.05 Å². The molecule has 0 radical (unpaired) electrons. The van der Waals surface area contributed by atoms with Crippen molar-refractivity contribution in [2.75, 3.05) is 18.2 Å². The Balaban J connectivity index is 2.36. The topological polar surface area (TPSA) is 65.1 Å². The highest BCUT2D eigenvalue weighted by molar-refractivity contribution is 9.10. The summed E-state index contributed by atoms with van der Waals surface area (Å²) in [4.78, 5) is 0. The maximum atomic E-state index is 5.97. The van der Waals surface area contributed by atoms with E-state index in [4.69, 9.17) is 10.5 Å². The molecule has 0 atom stereocenters. The quantitative estimate of drug-likeness (QED) is 0.915. The number of nitrogens with two attached hydrogens (primary N) is 1. The van der Waals surface area contributed by atoms with Crippen molar-refractivity contribution in [3.63, 3.8) is 0 Å². The van der Waals surface area contributed by atoms with E-state index in [0.29, 0.717) is 5.69 Å². The number of nitrogen functional groups attached to an aromatic ring is 1. The Kier molecular flexibility index (Phi) is 3.47. The van der Waals surface area contributed by atoms with Crippen LogP contribution >= 0.6 is 15.9 Å². The van der Waals surface area contributed by atoms with E-state index in [0.717, 1.165) is 27.4 Å². The normalized spacial score (nSPS) is 10.4. The first-order chi connectivity index (χ1) is 8.51. The highest BCUT2D eigenvalue weighted by atomic mass is 79.9. The molecule has 0 aliphatic rings. The third kappa shape index (κ3) is 2.43. The maximum absolute atomic E-state index is 5.97. The lowest BCUT2D eigenvalue weighted by Gasteiger charge is -2.10. The number of ether oxygens (including phenoxy) is 1. The number of hydrogen-bond donors (Lipinski definition) is 2. The van der Waals surface area contributed by atoms with Gasteiger partial charge in [-0.15, -0.1) is 0 Å². The number of halogens is 1. The molecule has 18 heavy (non-hydrogen) atoms. The molecule has 2 rings (SSSR count). The van der Waals surface area contributed by atoms with Gasteiger partial charge in [-0.05, 0) is 19.1 Å². The maximum Gasteiger partial charge on any atom is 0.152 e. The molecule has 1 aromatic heterocycles. The Hall–Kier alpha value is -1.69. The Labute approximate surface area is 114 Å². The fourth-order valence-corrected chi connectivity index (χ4v) is 2.18. The van der Waals surface area contributed by atoms with Crippen LogP contribution in [0.3, 0.4) is 0 Å². The summed E-state index contributed by atoms with van der Waals surface area (Å²) in [6.45, 7) is 1.88. The lowest BCUT2D eigenvalue weighted by atomic mass is 10.3. The summed E-state index contributed by atoms with van der Waals surface area (Å²) in [7, 11) is 3.48. The first-order valence-electron chi connectivity index (χ1n) is 5.42. The fourth-order valence-electron chi connectivity index (χ4n) is 1.71. The molecule has 1 aromatic carbocycles. The smallest absolute Gasteiger partial charge is 0.152 e. The van der Waals surface area contributed by atoms with Crippen LogP contribution in [0.1, 0.15) is 5.69 Å². The summed E-state index contributed by atoms with van der Waals surface area (Å²) in [5.74, 6) is 1.54. The molecule has 6 heteroatoms. The number of nitrogens with one attached hydrogen (secondary N) is 1. The summed E-state index contributed by atoms with van der Waals surface area (Å²) in [6.07, 6.45) is 0. The van der Waals surface area contributed by atoms with Crippen LogP contribution in [0.5, 0.6) is 5.75 Å². The number of aromatic nitrogens is 2. The molecule has 0 aliphatic carbocycles. The highest BCUT2D eigenvalue weighted by Crippen LogP contribution is 2.29. The van der Waals surface area contributed by atoms with Gasteiger partial charge in [0.2, 0.25) is 0 Å². The van der Waals surface area contributed by atoms with E-state index in [1.54, 1.807) is 11.8 Å². The van der Waals surface area contributed by atoms with E-state index >= 15 is 0 Å². The molecule has 96 valence electrons. The van der Waals surface area contributed by atoms with E-state index in [9.17, 15) is 0 Å². The van der Waals surface area contributed by atoms with Gasteiger partial charge >= 0.3 is 0 Å². The SMILES string of the molecule is COc1cc(Br)cc(Nc2c(N)c(C)nn2C)c1. The average Bonchev–Trinajstić information content (AvgIpc) is 2.55. The Morgan fingerprint density at radius 2 is 2.11 bits per heavy atom. The molecule has 0 saturated carbocycles. The van der Waals surface area contributed by atoms with Crippen molar-refractivity contribution < 1.29 is 4.74 Å². The van der Waals surface area contributed by atoms with Crippen LogP contribution in [0, 0.1) is 6.92 Å². The molecule has 5 nitrogen and oxygen atoms in total. The highest BCUT2D eigenvalue weighted by Gasteiger charge is 2.10. The summed E-state index contributed by atoms with van der Waals surface area (Å²) in [5.41, 5.74) is 8.31. The number of rotatable bonds is 3. The molecule has 3 N–H and O–H groups in total. The lowest BCUT2D eigenvalue weighted by molar-refractivity contribution is 0.415. The van der Waals surface area contributed by atoms with Crippen molar-refractivity contribution in [3.05, 3.63) is 28.4 Å². The minimum absolute atomic E-state index is 0.649. The summed E-state index contributed by atoms with van der Waals surface area (Å²) < 4.78 is 7.87. The minimum Gasteiger partial charge on any atom is -0.497 e. The lowest BCUT2D eigenvalue weighted by Crippen LogP contribution is -2.01. The van der Waals surface area contributed by atoms with E-state index in [1.165, 1.54) is 0 Å². The molecule has 0 saturated heterocycles. The molecule has 0 spiro atoms. The third-order valence-corrected chi connectivity index (χ3v) is 3.10. The Morgan fingerprint density at radius 3 is 2.67 bits per heavy atom. The van der Waals surface area contributed by atoms with Gasteiger partial charge < -0.3 is 15.8 Å². The summed E-state index contributed by atoms with van der Waals surface area (Å²) in [6, 6.07) is 5.74. The molecule has 0 bridgehead atoms. The van der Waals surface area contributed by atoms with Crippen LogP contribution < -0.4 is 15.8 Å². The van der Waals surface area contributed by atoms with Gasteiger partial charge in [0.1, 0.15) is 5.75 Å². The van der Waals surface area contributed by atoms with Crippen LogP contribution in [-0.2, 0) is 7.05 Å². The van der Waals surface area contributed by atoms with Gasteiger partial charge in [0, 0.05) is 23.3 Å². The number of anilines is 3. The van der Waals surface area contributed by atoms with Crippen molar-refractivity contribution in [3.8, 4) is 5.75 Å². The molecule has 2 aromatic rings. The fraction of sp³-hybridized carbons (Fsp3) is 0.250. The third-order valence-electron chi connectivity index (χ3n) is 2.64. The largest absolute Gasteiger partial charge is 0.497 e. The number of aryl methyl sites for hydroxylation is 2. The molecule has 1 heterocycles. The van der Waals surface area contributed by atoms with Crippen LogP contribution in [-0.4, -0.2) is 16.9 Å². The van der Waals surface area contributed by atoms with Crippen molar-refractivity contribution in [1.29, 1.82) is 0 Å². The second kappa shape index (κ2) is 4.89. The van der Waals surface area contributed by atoms with Gasteiger partial charge in [0.05, 0.1) is 18.5 Å².